The summed E-state index contributed by atoms with van der Waals surface area (Å²) in [5.41, 5.74) is 1.77. The molecule has 1 N–H and O–H groups in total. The molecule has 1 amide bonds. The number of carbonyl (C=O) groups excluding carboxylic acids is 1. The van der Waals surface area contributed by atoms with Crippen LogP contribution >= 0.6 is 23.4 Å². The Labute approximate surface area is 160 Å². The molecule has 0 atom stereocenters. The second-order valence-electron chi connectivity index (χ2n) is 5.32. The van der Waals surface area contributed by atoms with Gasteiger partial charge in [-0.25, -0.2) is 0 Å². The van der Waals surface area contributed by atoms with Crippen LogP contribution in [0, 0.1) is 0 Å². The Morgan fingerprint density at radius 3 is 2.88 bits per heavy atom. The standard InChI is InChI=1S/C18H16ClN3O3S/c1-24-16-8-12(9-20-22-18-21-17(23)11-26-18)5-6-15(16)25-10-13-3-2-4-14(19)7-13/h2-9H,10-11H2,1H3,(H,21,22,23). The number of amidine groups is 1. The first-order valence-electron chi connectivity index (χ1n) is 7.73. The molecular weight excluding hydrogens is 374 g/mol. The maximum atomic E-state index is 11.1. The van der Waals surface area contributed by atoms with Gasteiger partial charge in [-0.3, -0.25) is 4.79 Å². The van der Waals surface area contributed by atoms with Gasteiger partial charge < -0.3 is 14.8 Å². The molecule has 6 nitrogen and oxygen atoms in total. The number of carbonyl (C=O) groups is 1. The third-order valence-electron chi connectivity index (χ3n) is 3.41. The summed E-state index contributed by atoms with van der Waals surface area (Å²) >= 11 is 7.30. The summed E-state index contributed by atoms with van der Waals surface area (Å²) in [5, 5.41) is 11.7. The molecule has 134 valence electrons. The van der Waals surface area contributed by atoms with Crippen LogP contribution in [0.25, 0.3) is 0 Å². The summed E-state index contributed by atoms with van der Waals surface area (Å²) in [7, 11) is 1.58. The Morgan fingerprint density at radius 2 is 2.15 bits per heavy atom. The van der Waals surface area contributed by atoms with Crippen molar-refractivity contribution in [2.24, 2.45) is 10.2 Å². The van der Waals surface area contributed by atoms with Crippen molar-refractivity contribution in [2.45, 2.75) is 6.61 Å². The molecule has 0 bridgehead atoms. The molecule has 0 aliphatic carbocycles. The van der Waals surface area contributed by atoms with Gasteiger partial charge in [-0.05, 0) is 41.5 Å². The van der Waals surface area contributed by atoms with Crippen molar-refractivity contribution in [1.29, 1.82) is 0 Å². The molecule has 1 heterocycles. The highest BCUT2D eigenvalue weighted by molar-refractivity contribution is 8.15. The van der Waals surface area contributed by atoms with Crippen molar-refractivity contribution in [2.75, 3.05) is 12.9 Å². The van der Waals surface area contributed by atoms with E-state index in [1.165, 1.54) is 11.8 Å². The van der Waals surface area contributed by atoms with Crippen molar-refractivity contribution in [3.8, 4) is 11.5 Å². The molecule has 3 rings (SSSR count). The predicted molar refractivity (Wildman–Crippen MR) is 104 cm³/mol. The Bertz CT molecular complexity index is 871. The molecule has 0 saturated carbocycles. The smallest absolute Gasteiger partial charge is 0.236 e. The van der Waals surface area contributed by atoms with Crippen LogP contribution in [-0.4, -0.2) is 30.2 Å². The van der Waals surface area contributed by atoms with Crippen LogP contribution in [0.2, 0.25) is 5.02 Å². The summed E-state index contributed by atoms with van der Waals surface area (Å²) in [5.74, 6) is 1.52. The van der Waals surface area contributed by atoms with Crippen LogP contribution in [0.15, 0.2) is 52.7 Å². The molecule has 0 radical (unpaired) electrons. The first-order valence-corrected chi connectivity index (χ1v) is 9.09. The zero-order valence-corrected chi connectivity index (χ0v) is 15.5. The highest BCUT2D eigenvalue weighted by Gasteiger charge is 2.15. The highest BCUT2D eigenvalue weighted by atomic mass is 35.5. The van der Waals surface area contributed by atoms with E-state index in [1.54, 1.807) is 19.4 Å². The first kappa shape index (κ1) is 18.3. The minimum absolute atomic E-state index is 0.0631. The second-order valence-corrected chi connectivity index (χ2v) is 6.72. The van der Waals surface area contributed by atoms with Crippen LogP contribution in [0.5, 0.6) is 11.5 Å². The lowest BCUT2D eigenvalue weighted by Gasteiger charge is -2.11. The van der Waals surface area contributed by atoms with E-state index in [2.05, 4.69) is 15.5 Å². The van der Waals surface area contributed by atoms with Crippen LogP contribution in [0.3, 0.4) is 0 Å². The highest BCUT2D eigenvalue weighted by Crippen LogP contribution is 2.28. The zero-order chi connectivity index (χ0) is 18.4. The Kier molecular flexibility index (Phi) is 6.14. The molecule has 8 heteroatoms. The summed E-state index contributed by atoms with van der Waals surface area (Å²) in [6, 6.07) is 13.0. The number of nitrogens with zero attached hydrogens (tertiary/aromatic N) is 2. The molecule has 2 aromatic rings. The SMILES string of the molecule is COc1cc(C=NN=C2NC(=O)CS2)ccc1OCc1cccc(Cl)c1. The lowest BCUT2D eigenvalue weighted by atomic mass is 10.2. The van der Waals surface area contributed by atoms with Gasteiger partial charge in [0.05, 0.1) is 19.1 Å². The lowest BCUT2D eigenvalue weighted by molar-refractivity contribution is -0.116. The van der Waals surface area contributed by atoms with Gasteiger partial charge in [0.25, 0.3) is 0 Å². The van der Waals surface area contributed by atoms with E-state index >= 15 is 0 Å². The maximum absolute atomic E-state index is 11.1. The van der Waals surface area contributed by atoms with E-state index in [-0.39, 0.29) is 5.91 Å². The van der Waals surface area contributed by atoms with Crippen LogP contribution in [0.1, 0.15) is 11.1 Å². The van der Waals surface area contributed by atoms with Gasteiger partial charge in [0.1, 0.15) is 6.61 Å². The average Bonchev–Trinajstić information content (AvgIpc) is 3.05. The molecule has 1 aliphatic rings. The molecule has 2 aromatic carbocycles. The topological polar surface area (TPSA) is 72.3 Å². The van der Waals surface area contributed by atoms with Gasteiger partial charge in [-0.15, -0.1) is 5.10 Å². The molecular formula is C18H16ClN3O3S. The first-order chi connectivity index (χ1) is 12.6. The van der Waals surface area contributed by atoms with Gasteiger partial charge in [-0.2, -0.15) is 5.10 Å². The number of halogens is 1. The van der Waals surface area contributed by atoms with E-state index in [0.29, 0.717) is 34.0 Å². The molecule has 1 fully saturated rings. The number of nitrogens with one attached hydrogen (secondary N) is 1. The van der Waals surface area contributed by atoms with Gasteiger partial charge in [0.15, 0.2) is 16.7 Å². The van der Waals surface area contributed by atoms with E-state index < -0.39 is 0 Å². The van der Waals surface area contributed by atoms with Gasteiger partial charge in [-0.1, -0.05) is 35.5 Å². The Morgan fingerprint density at radius 1 is 1.27 bits per heavy atom. The molecule has 1 saturated heterocycles. The van der Waals surface area contributed by atoms with Crippen molar-refractivity contribution < 1.29 is 14.3 Å². The predicted octanol–water partition coefficient (Wildman–Crippen LogP) is 3.48. The zero-order valence-electron chi connectivity index (χ0n) is 13.9. The largest absolute Gasteiger partial charge is 0.493 e. The van der Waals surface area contributed by atoms with Gasteiger partial charge in [0, 0.05) is 5.02 Å². The summed E-state index contributed by atoms with van der Waals surface area (Å²) in [6.07, 6.45) is 1.58. The number of hydrogen-bond acceptors (Lipinski definition) is 6. The maximum Gasteiger partial charge on any atom is 0.236 e. The van der Waals surface area contributed by atoms with Crippen LogP contribution < -0.4 is 14.8 Å². The summed E-state index contributed by atoms with van der Waals surface area (Å²) in [6.45, 7) is 0.384. The van der Waals surface area contributed by atoms with E-state index in [0.717, 1.165) is 11.1 Å². The lowest BCUT2D eigenvalue weighted by Crippen LogP contribution is -2.19. The van der Waals surface area contributed by atoms with Crippen molar-refractivity contribution in [3.63, 3.8) is 0 Å². The number of ether oxygens (including phenoxy) is 2. The number of hydrogen-bond donors (Lipinski definition) is 1. The Balaban J connectivity index is 1.66. The van der Waals surface area contributed by atoms with Crippen molar-refractivity contribution >= 4 is 40.7 Å². The average molecular weight is 390 g/mol. The quantitative estimate of drug-likeness (QED) is 0.606. The molecule has 0 unspecified atom stereocenters. The number of methoxy groups -OCH3 is 1. The summed E-state index contributed by atoms with van der Waals surface area (Å²) in [4.78, 5) is 11.1. The van der Waals surface area contributed by atoms with E-state index in [1.807, 2.05) is 36.4 Å². The fraction of sp³-hybridized carbons (Fsp3) is 0.167. The fourth-order valence-corrected chi connectivity index (χ4v) is 3.04. The number of rotatable bonds is 6. The van der Waals surface area contributed by atoms with Crippen molar-refractivity contribution in [3.05, 3.63) is 58.6 Å². The molecule has 1 aliphatic heterocycles. The normalized spacial score (nSPS) is 15.5. The van der Waals surface area contributed by atoms with Crippen molar-refractivity contribution in [1.82, 2.24) is 5.32 Å². The minimum atomic E-state index is -0.0631. The second kappa shape index (κ2) is 8.73. The Hall–Kier alpha value is -2.51. The number of amides is 1. The summed E-state index contributed by atoms with van der Waals surface area (Å²) < 4.78 is 11.2. The van der Waals surface area contributed by atoms with Crippen LogP contribution in [-0.2, 0) is 11.4 Å². The third-order valence-corrected chi connectivity index (χ3v) is 4.51. The fourth-order valence-electron chi connectivity index (χ4n) is 2.20. The number of thioether (sulfide) groups is 1. The third kappa shape index (κ3) is 5.00. The van der Waals surface area contributed by atoms with Gasteiger partial charge >= 0.3 is 0 Å². The van der Waals surface area contributed by atoms with Gasteiger partial charge in [0.2, 0.25) is 5.91 Å². The minimum Gasteiger partial charge on any atom is -0.493 e. The van der Waals surface area contributed by atoms with Crippen LogP contribution in [0.4, 0.5) is 0 Å². The molecule has 26 heavy (non-hydrogen) atoms. The number of benzene rings is 2. The van der Waals surface area contributed by atoms with E-state index in [9.17, 15) is 4.79 Å². The molecule has 0 spiro atoms. The monoisotopic (exact) mass is 389 g/mol. The van der Waals surface area contributed by atoms with E-state index in [4.69, 9.17) is 21.1 Å². The molecule has 0 aromatic heterocycles.